The van der Waals surface area contributed by atoms with Crippen LogP contribution in [0.25, 0.3) is 0 Å². The number of rotatable bonds is 6. The van der Waals surface area contributed by atoms with Crippen LogP contribution in [0, 0.1) is 11.3 Å². The summed E-state index contributed by atoms with van der Waals surface area (Å²) >= 11 is 0. The Morgan fingerprint density at radius 1 is 1.39 bits per heavy atom. The van der Waals surface area contributed by atoms with E-state index in [0.717, 1.165) is 18.0 Å². The number of ether oxygens (including phenoxy) is 1. The van der Waals surface area contributed by atoms with Crippen LogP contribution in [-0.4, -0.2) is 25.3 Å². The second-order valence-electron chi connectivity index (χ2n) is 7.13. The van der Waals surface area contributed by atoms with Crippen LogP contribution < -0.4 is 5.32 Å². The average Bonchev–Trinajstić information content (AvgIpc) is 2.20. The molecule has 1 N–H and O–H groups in total. The van der Waals surface area contributed by atoms with Crippen molar-refractivity contribution < 1.29 is 4.74 Å². The Bertz CT molecular complexity index is 270. The molecular weight excluding hydrogens is 222 g/mol. The quantitative estimate of drug-likeness (QED) is 0.728. The molecule has 2 heteroatoms. The van der Waals surface area contributed by atoms with Gasteiger partial charge in [0.1, 0.15) is 0 Å². The van der Waals surface area contributed by atoms with Gasteiger partial charge >= 0.3 is 0 Å². The molecule has 0 bridgehead atoms. The van der Waals surface area contributed by atoms with E-state index in [9.17, 15) is 0 Å². The summed E-state index contributed by atoms with van der Waals surface area (Å²) in [5, 5.41) is 3.38. The van der Waals surface area contributed by atoms with Gasteiger partial charge in [-0.3, -0.25) is 0 Å². The van der Waals surface area contributed by atoms with Crippen molar-refractivity contribution in [3.05, 3.63) is 12.2 Å². The molecule has 0 radical (unpaired) electrons. The Morgan fingerprint density at radius 2 is 2.06 bits per heavy atom. The summed E-state index contributed by atoms with van der Waals surface area (Å²) in [7, 11) is 0. The van der Waals surface area contributed by atoms with E-state index in [-0.39, 0.29) is 0 Å². The maximum Gasteiger partial charge on any atom is 0.0690 e. The third kappa shape index (κ3) is 6.01. The summed E-state index contributed by atoms with van der Waals surface area (Å²) in [6.45, 7) is 17.0. The molecule has 1 aliphatic rings. The Morgan fingerprint density at radius 3 is 2.61 bits per heavy atom. The maximum absolute atomic E-state index is 6.04. The van der Waals surface area contributed by atoms with Crippen molar-refractivity contribution in [3.8, 4) is 0 Å². The average molecular weight is 253 g/mol. The molecule has 2 nitrogen and oxygen atoms in total. The third-order valence-corrected chi connectivity index (χ3v) is 3.63. The molecule has 2 unspecified atom stereocenters. The van der Waals surface area contributed by atoms with E-state index >= 15 is 0 Å². The first kappa shape index (κ1) is 15.7. The molecule has 0 aromatic carbocycles. The molecule has 1 rings (SSSR count). The van der Waals surface area contributed by atoms with Crippen LogP contribution in [0.5, 0.6) is 0 Å². The minimum Gasteiger partial charge on any atom is -0.374 e. The Labute approximate surface area is 113 Å². The van der Waals surface area contributed by atoms with Gasteiger partial charge in [0, 0.05) is 12.6 Å². The lowest BCUT2D eigenvalue weighted by molar-refractivity contribution is -0.0136. The fourth-order valence-electron chi connectivity index (χ4n) is 3.02. The second-order valence-corrected chi connectivity index (χ2v) is 7.13. The molecular formula is C16H31NO. The molecule has 0 aliphatic heterocycles. The SMILES string of the molecule is C=C(CNC(C)C)COC1CC(C)CC(C)(C)C1. The molecule has 0 aromatic rings. The van der Waals surface area contributed by atoms with E-state index in [2.05, 4.69) is 46.5 Å². The van der Waals surface area contributed by atoms with Crippen molar-refractivity contribution in [1.29, 1.82) is 0 Å². The molecule has 2 atom stereocenters. The predicted molar refractivity (Wildman–Crippen MR) is 78.8 cm³/mol. The standard InChI is InChI=1S/C16H31NO/c1-12(2)17-10-14(4)11-18-15-7-13(3)8-16(5,6)9-15/h12-13,15,17H,4,7-11H2,1-3,5-6H3. The van der Waals surface area contributed by atoms with Crippen LogP contribution in [0.2, 0.25) is 0 Å². The van der Waals surface area contributed by atoms with Crippen molar-refractivity contribution in [2.45, 2.75) is 66.0 Å². The minimum atomic E-state index is 0.416. The van der Waals surface area contributed by atoms with E-state index in [1.54, 1.807) is 0 Å². The van der Waals surface area contributed by atoms with E-state index in [0.29, 0.717) is 24.2 Å². The summed E-state index contributed by atoms with van der Waals surface area (Å²) in [6, 6.07) is 0.510. The highest BCUT2D eigenvalue weighted by atomic mass is 16.5. The summed E-state index contributed by atoms with van der Waals surface area (Å²) < 4.78 is 6.04. The highest BCUT2D eigenvalue weighted by Gasteiger charge is 2.32. The van der Waals surface area contributed by atoms with Gasteiger partial charge in [-0.1, -0.05) is 41.2 Å². The van der Waals surface area contributed by atoms with Crippen molar-refractivity contribution >= 4 is 0 Å². The topological polar surface area (TPSA) is 21.3 Å². The fourth-order valence-corrected chi connectivity index (χ4v) is 3.02. The van der Waals surface area contributed by atoms with Gasteiger partial charge in [-0.25, -0.2) is 0 Å². The van der Waals surface area contributed by atoms with Gasteiger partial charge in [0.05, 0.1) is 12.7 Å². The Hall–Kier alpha value is -0.340. The smallest absolute Gasteiger partial charge is 0.0690 e. The molecule has 1 aliphatic carbocycles. The van der Waals surface area contributed by atoms with Gasteiger partial charge in [0.15, 0.2) is 0 Å². The van der Waals surface area contributed by atoms with Crippen LogP contribution in [0.1, 0.15) is 53.9 Å². The molecule has 0 aromatic heterocycles. The van der Waals surface area contributed by atoms with E-state index in [1.807, 2.05) is 0 Å². The molecule has 0 heterocycles. The van der Waals surface area contributed by atoms with Gasteiger partial charge in [-0.15, -0.1) is 0 Å². The minimum absolute atomic E-state index is 0.416. The zero-order chi connectivity index (χ0) is 13.8. The molecule has 106 valence electrons. The van der Waals surface area contributed by atoms with E-state index in [1.165, 1.54) is 19.3 Å². The van der Waals surface area contributed by atoms with Crippen molar-refractivity contribution in [3.63, 3.8) is 0 Å². The van der Waals surface area contributed by atoms with Crippen molar-refractivity contribution in [2.75, 3.05) is 13.2 Å². The second kappa shape index (κ2) is 6.72. The maximum atomic E-state index is 6.04. The van der Waals surface area contributed by atoms with Gasteiger partial charge in [-0.2, -0.15) is 0 Å². The zero-order valence-electron chi connectivity index (χ0n) is 12.9. The summed E-state index contributed by atoms with van der Waals surface area (Å²) in [5.41, 5.74) is 1.58. The van der Waals surface area contributed by atoms with Crippen LogP contribution in [0.4, 0.5) is 0 Å². The summed E-state index contributed by atoms with van der Waals surface area (Å²) in [5.74, 6) is 0.779. The van der Waals surface area contributed by atoms with Gasteiger partial charge in [0.2, 0.25) is 0 Å². The molecule has 18 heavy (non-hydrogen) atoms. The molecule has 0 saturated heterocycles. The van der Waals surface area contributed by atoms with E-state index < -0.39 is 0 Å². The van der Waals surface area contributed by atoms with Crippen molar-refractivity contribution in [1.82, 2.24) is 5.32 Å². The van der Waals surface area contributed by atoms with Crippen molar-refractivity contribution in [2.24, 2.45) is 11.3 Å². The van der Waals surface area contributed by atoms with Crippen LogP contribution >= 0.6 is 0 Å². The van der Waals surface area contributed by atoms with Gasteiger partial charge in [0.25, 0.3) is 0 Å². The lowest BCUT2D eigenvalue weighted by atomic mass is 9.71. The molecule has 1 saturated carbocycles. The molecule has 1 fully saturated rings. The fraction of sp³-hybridized carbons (Fsp3) is 0.875. The third-order valence-electron chi connectivity index (χ3n) is 3.63. The van der Waals surface area contributed by atoms with Crippen LogP contribution in [-0.2, 0) is 4.74 Å². The van der Waals surface area contributed by atoms with Crippen LogP contribution in [0.15, 0.2) is 12.2 Å². The summed E-state index contributed by atoms with van der Waals surface area (Å²) in [4.78, 5) is 0. The Balaban J connectivity index is 2.28. The van der Waals surface area contributed by atoms with Crippen LogP contribution in [0.3, 0.4) is 0 Å². The van der Waals surface area contributed by atoms with Gasteiger partial charge < -0.3 is 10.1 Å². The number of nitrogens with one attached hydrogen (secondary N) is 1. The Kier molecular flexibility index (Phi) is 5.87. The highest BCUT2D eigenvalue weighted by Crippen LogP contribution is 2.39. The first-order valence-electron chi connectivity index (χ1n) is 7.30. The summed E-state index contributed by atoms with van der Waals surface area (Å²) in [6.07, 6.45) is 4.12. The van der Waals surface area contributed by atoms with E-state index in [4.69, 9.17) is 4.74 Å². The number of hydrogen-bond donors (Lipinski definition) is 1. The molecule has 0 amide bonds. The first-order valence-corrected chi connectivity index (χ1v) is 7.30. The monoisotopic (exact) mass is 253 g/mol. The lowest BCUT2D eigenvalue weighted by Crippen LogP contribution is -2.33. The zero-order valence-corrected chi connectivity index (χ0v) is 12.9. The predicted octanol–water partition coefficient (Wildman–Crippen LogP) is 3.77. The largest absolute Gasteiger partial charge is 0.374 e. The normalized spacial score (nSPS) is 27.4. The molecule has 0 spiro atoms. The highest BCUT2D eigenvalue weighted by molar-refractivity contribution is 4.97. The lowest BCUT2D eigenvalue weighted by Gasteiger charge is -2.38. The first-order chi connectivity index (χ1) is 8.28. The number of hydrogen-bond acceptors (Lipinski definition) is 2. The van der Waals surface area contributed by atoms with Gasteiger partial charge in [-0.05, 0) is 36.2 Å².